The second kappa shape index (κ2) is 6.90. The summed E-state index contributed by atoms with van der Waals surface area (Å²) in [7, 11) is 4.19. The molecule has 0 aliphatic carbocycles. The summed E-state index contributed by atoms with van der Waals surface area (Å²) < 4.78 is 2.07. The number of aromatic nitrogens is 2. The maximum Gasteiger partial charge on any atom is 0.122 e. The summed E-state index contributed by atoms with van der Waals surface area (Å²) in [6, 6.07) is 0. The first kappa shape index (κ1) is 12.6. The van der Waals surface area contributed by atoms with Gasteiger partial charge in [0.1, 0.15) is 5.82 Å². The summed E-state index contributed by atoms with van der Waals surface area (Å²) in [5.74, 6) is 2.13. The Morgan fingerprint density at radius 2 is 2.20 bits per heavy atom. The van der Waals surface area contributed by atoms with E-state index in [0.29, 0.717) is 0 Å². The van der Waals surface area contributed by atoms with Crippen LogP contribution in [0.2, 0.25) is 0 Å². The molecule has 1 rings (SSSR count). The lowest BCUT2D eigenvalue weighted by Gasteiger charge is -2.15. The SMILES string of the molecule is CN(CCCCCS)Cc1nccn1C. The highest BCUT2D eigenvalue weighted by Gasteiger charge is 2.03. The number of hydrogen-bond acceptors (Lipinski definition) is 3. The molecule has 0 radical (unpaired) electrons. The summed E-state index contributed by atoms with van der Waals surface area (Å²) in [4.78, 5) is 6.63. The summed E-state index contributed by atoms with van der Waals surface area (Å²) >= 11 is 4.20. The zero-order valence-corrected chi connectivity index (χ0v) is 10.6. The van der Waals surface area contributed by atoms with E-state index in [4.69, 9.17) is 0 Å². The van der Waals surface area contributed by atoms with Gasteiger partial charge in [0, 0.05) is 19.4 Å². The molecule has 0 saturated carbocycles. The summed E-state index contributed by atoms with van der Waals surface area (Å²) in [5, 5.41) is 0. The molecule has 0 aromatic carbocycles. The number of aryl methyl sites for hydroxylation is 1. The third kappa shape index (κ3) is 4.71. The maximum atomic E-state index is 4.31. The first-order chi connectivity index (χ1) is 7.24. The highest BCUT2D eigenvalue weighted by atomic mass is 32.1. The van der Waals surface area contributed by atoms with Gasteiger partial charge in [-0.15, -0.1) is 0 Å². The van der Waals surface area contributed by atoms with Crippen molar-refractivity contribution < 1.29 is 0 Å². The molecule has 0 unspecified atom stereocenters. The molecule has 1 heterocycles. The van der Waals surface area contributed by atoms with Crippen LogP contribution in [-0.4, -0.2) is 33.8 Å². The van der Waals surface area contributed by atoms with Crippen molar-refractivity contribution in [1.29, 1.82) is 0 Å². The average molecular weight is 227 g/mol. The highest BCUT2D eigenvalue weighted by molar-refractivity contribution is 7.80. The molecule has 0 aliphatic rings. The monoisotopic (exact) mass is 227 g/mol. The van der Waals surface area contributed by atoms with E-state index in [-0.39, 0.29) is 0 Å². The predicted octanol–water partition coefficient (Wildman–Crippen LogP) is 1.95. The number of unbranched alkanes of at least 4 members (excludes halogenated alkanes) is 2. The van der Waals surface area contributed by atoms with Crippen molar-refractivity contribution in [2.24, 2.45) is 7.05 Å². The fourth-order valence-electron chi connectivity index (χ4n) is 1.54. The molecule has 4 heteroatoms. The molecule has 0 spiro atoms. The number of imidazole rings is 1. The van der Waals surface area contributed by atoms with Gasteiger partial charge in [-0.3, -0.25) is 4.90 Å². The van der Waals surface area contributed by atoms with E-state index in [1.165, 1.54) is 19.3 Å². The Kier molecular flexibility index (Phi) is 5.79. The van der Waals surface area contributed by atoms with E-state index in [2.05, 4.69) is 34.1 Å². The molecule has 0 aliphatic heterocycles. The Bertz CT molecular complexity index is 273. The molecule has 0 N–H and O–H groups in total. The van der Waals surface area contributed by atoms with Gasteiger partial charge in [0.2, 0.25) is 0 Å². The minimum absolute atomic E-state index is 0.935. The van der Waals surface area contributed by atoms with Gasteiger partial charge in [-0.1, -0.05) is 6.42 Å². The van der Waals surface area contributed by atoms with Gasteiger partial charge in [0.25, 0.3) is 0 Å². The van der Waals surface area contributed by atoms with Crippen LogP contribution in [0.4, 0.5) is 0 Å². The molecule has 1 aromatic heterocycles. The molecule has 0 fully saturated rings. The second-order valence-electron chi connectivity index (χ2n) is 3.98. The maximum absolute atomic E-state index is 4.31. The lowest BCUT2D eigenvalue weighted by Crippen LogP contribution is -2.21. The van der Waals surface area contributed by atoms with Gasteiger partial charge in [-0.2, -0.15) is 12.6 Å². The van der Waals surface area contributed by atoms with Crippen LogP contribution in [-0.2, 0) is 13.6 Å². The first-order valence-electron chi connectivity index (χ1n) is 5.49. The van der Waals surface area contributed by atoms with Gasteiger partial charge in [0.05, 0.1) is 6.54 Å². The van der Waals surface area contributed by atoms with Crippen molar-refractivity contribution in [3.8, 4) is 0 Å². The van der Waals surface area contributed by atoms with E-state index in [9.17, 15) is 0 Å². The standard InChI is InChI=1S/C11H21N3S/c1-13(7-4-3-5-9-15)10-11-12-6-8-14(11)2/h6,8,15H,3-5,7,9-10H2,1-2H3. The molecule has 0 bridgehead atoms. The fourth-order valence-corrected chi connectivity index (χ4v) is 1.76. The highest BCUT2D eigenvalue weighted by Crippen LogP contribution is 2.02. The molecule has 15 heavy (non-hydrogen) atoms. The molecule has 1 aromatic rings. The van der Waals surface area contributed by atoms with Crippen LogP contribution in [0.3, 0.4) is 0 Å². The number of thiol groups is 1. The summed E-state index contributed by atoms with van der Waals surface area (Å²) in [6.07, 6.45) is 7.59. The van der Waals surface area contributed by atoms with Crippen LogP contribution in [0, 0.1) is 0 Å². The van der Waals surface area contributed by atoms with Crippen molar-refractivity contribution in [3.63, 3.8) is 0 Å². The zero-order valence-electron chi connectivity index (χ0n) is 9.69. The Balaban J connectivity index is 2.18. The topological polar surface area (TPSA) is 21.1 Å². The first-order valence-corrected chi connectivity index (χ1v) is 6.13. The van der Waals surface area contributed by atoms with Crippen molar-refractivity contribution in [3.05, 3.63) is 18.2 Å². The molecular weight excluding hydrogens is 206 g/mol. The molecule has 0 atom stereocenters. The van der Waals surface area contributed by atoms with Gasteiger partial charge in [-0.25, -0.2) is 4.98 Å². The van der Waals surface area contributed by atoms with Crippen LogP contribution in [0.1, 0.15) is 25.1 Å². The van der Waals surface area contributed by atoms with Crippen LogP contribution in [0.25, 0.3) is 0 Å². The average Bonchev–Trinajstić information content (AvgIpc) is 2.59. The Morgan fingerprint density at radius 3 is 2.80 bits per heavy atom. The quantitative estimate of drug-likeness (QED) is 0.568. The van der Waals surface area contributed by atoms with Crippen molar-refractivity contribution in [2.45, 2.75) is 25.8 Å². The van der Waals surface area contributed by atoms with E-state index < -0.39 is 0 Å². The smallest absolute Gasteiger partial charge is 0.122 e. The fraction of sp³-hybridized carbons (Fsp3) is 0.727. The van der Waals surface area contributed by atoms with E-state index in [1.54, 1.807) is 0 Å². The Morgan fingerprint density at radius 1 is 1.40 bits per heavy atom. The van der Waals surface area contributed by atoms with Crippen molar-refractivity contribution in [2.75, 3.05) is 19.3 Å². The molecule has 0 saturated heterocycles. The van der Waals surface area contributed by atoms with Crippen LogP contribution in [0.15, 0.2) is 12.4 Å². The van der Waals surface area contributed by atoms with Crippen LogP contribution in [0.5, 0.6) is 0 Å². The predicted molar refractivity (Wildman–Crippen MR) is 67.2 cm³/mol. The van der Waals surface area contributed by atoms with Crippen LogP contribution < -0.4 is 0 Å². The summed E-state index contributed by atoms with van der Waals surface area (Å²) in [6.45, 7) is 2.07. The second-order valence-corrected chi connectivity index (χ2v) is 4.42. The van der Waals surface area contributed by atoms with Gasteiger partial charge < -0.3 is 4.57 Å². The molecule has 86 valence electrons. The minimum atomic E-state index is 0.935. The van der Waals surface area contributed by atoms with Crippen molar-refractivity contribution >= 4 is 12.6 Å². The zero-order chi connectivity index (χ0) is 11.1. The third-order valence-electron chi connectivity index (χ3n) is 2.53. The molecular formula is C11H21N3S. The lowest BCUT2D eigenvalue weighted by atomic mass is 10.2. The van der Waals surface area contributed by atoms with Gasteiger partial charge >= 0.3 is 0 Å². The van der Waals surface area contributed by atoms with Gasteiger partial charge in [0.15, 0.2) is 0 Å². The number of nitrogens with zero attached hydrogens (tertiary/aromatic N) is 3. The number of hydrogen-bond donors (Lipinski definition) is 1. The van der Waals surface area contributed by atoms with Gasteiger partial charge in [-0.05, 0) is 32.2 Å². The minimum Gasteiger partial charge on any atom is -0.337 e. The summed E-state index contributed by atoms with van der Waals surface area (Å²) in [5.41, 5.74) is 0. The molecule has 0 amide bonds. The van der Waals surface area contributed by atoms with E-state index >= 15 is 0 Å². The van der Waals surface area contributed by atoms with E-state index in [1.807, 2.05) is 19.4 Å². The van der Waals surface area contributed by atoms with Crippen molar-refractivity contribution in [1.82, 2.24) is 14.5 Å². The third-order valence-corrected chi connectivity index (χ3v) is 2.85. The Labute approximate surface area is 97.9 Å². The van der Waals surface area contributed by atoms with E-state index in [0.717, 1.165) is 24.7 Å². The largest absolute Gasteiger partial charge is 0.337 e. The normalized spacial score (nSPS) is 11.2. The van der Waals surface area contributed by atoms with Crippen LogP contribution >= 0.6 is 12.6 Å². The Hall–Kier alpha value is -0.480. The molecule has 3 nitrogen and oxygen atoms in total. The lowest BCUT2D eigenvalue weighted by molar-refractivity contribution is 0.307. The number of rotatable bonds is 7.